The molecule has 6 nitrogen and oxygen atoms in total. The Hall–Kier alpha value is -3.15. The summed E-state index contributed by atoms with van der Waals surface area (Å²) < 4.78 is 16.8. The average molecular weight is 907 g/mol. The molecule has 0 saturated carbocycles. The van der Waals surface area contributed by atoms with Crippen LogP contribution in [-0.2, 0) is 28.6 Å². The lowest BCUT2D eigenvalue weighted by Gasteiger charge is -2.18. The smallest absolute Gasteiger partial charge is 0.306 e. The first-order valence-electron chi connectivity index (χ1n) is 27.4. The predicted molar refractivity (Wildman–Crippen MR) is 279 cm³/mol. The maximum Gasteiger partial charge on any atom is 0.306 e. The van der Waals surface area contributed by atoms with Gasteiger partial charge in [-0.3, -0.25) is 14.4 Å². The molecule has 0 heterocycles. The van der Waals surface area contributed by atoms with Crippen molar-refractivity contribution in [1.82, 2.24) is 0 Å². The number of rotatable bonds is 49. The van der Waals surface area contributed by atoms with Crippen molar-refractivity contribution in [3.05, 3.63) is 72.9 Å². The molecular weight excluding hydrogens is 805 g/mol. The first-order chi connectivity index (χ1) is 32.0. The van der Waals surface area contributed by atoms with E-state index in [1.807, 2.05) is 0 Å². The van der Waals surface area contributed by atoms with Crippen LogP contribution in [-0.4, -0.2) is 37.2 Å². The number of hydrogen-bond donors (Lipinski definition) is 0. The fourth-order valence-corrected chi connectivity index (χ4v) is 7.58. The molecule has 0 aliphatic rings. The maximum atomic E-state index is 12.8. The number of carbonyl (C=O) groups excluding carboxylic acids is 3. The molecule has 0 aromatic heterocycles. The Bertz CT molecular complexity index is 1230. The molecular formula is C59H102O6. The number of carbonyl (C=O) groups is 3. The summed E-state index contributed by atoms with van der Waals surface area (Å²) in [7, 11) is 0. The SMILES string of the molecule is CC/C=C\C/C=C\C/C=C\C/C=C\C/C=C\CCCCCC(=O)OC[C@@H](COC(=O)CCCCCCCCCCCCC)OC(=O)CCCCCCCCC/C=C\CCCCCCCC. The van der Waals surface area contributed by atoms with Crippen LogP contribution < -0.4 is 0 Å². The van der Waals surface area contributed by atoms with Crippen molar-refractivity contribution < 1.29 is 28.6 Å². The third kappa shape index (κ3) is 51.7. The molecule has 6 heteroatoms. The van der Waals surface area contributed by atoms with Gasteiger partial charge >= 0.3 is 17.9 Å². The van der Waals surface area contributed by atoms with Gasteiger partial charge in [-0.1, -0.05) is 229 Å². The highest BCUT2D eigenvalue weighted by atomic mass is 16.6. The molecule has 0 saturated heterocycles. The molecule has 0 aliphatic carbocycles. The number of allylic oxidation sites excluding steroid dienone is 12. The number of unbranched alkanes of at least 4 members (excludes halogenated alkanes) is 26. The van der Waals surface area contributed by atoms with Crippen LogP contribution in [0.25, 0.3) is 0 Å². The zero-order chi connectivity index (χ0) is 47.2. The fourth-order valence-electron chi connectivity index (χ4n) is 7.58. The fraction of sp³-hybridized carbons (Fsp3) is 0.746. The van der Waals surface area contributed by atoms with E-state index in [4.69, 9.17) is 14.2 Å². The molecule has 0 fully saturated rings. The summed E-state index contributed by atoms with van der Waals surface area (Å²) in [6, 6.07) is 0. The van der Waals surface area contributed by atoms with Crippen LogP contribution in [0.15, 0.2) is 72.9 Å². The van der Waals surface area contributed by atoms with Crippen molar-refractivity contribution >= 4 is 17.9 Å². The van der Waals surface area contributed by atoms with E-state index in [2.05, 4.69) is 93.7 Å². The van der Waals surface area contributed by atoms with Crippen LogP contribution in [0, 0.1) is 0 Å². The zero-order valence-electron chi connectivity index (χ0n) is 42.7. The molecule has 0 bridgehead atoms. The van der Waals surface area contributed by atoms with Crippen molar-refractivity contribution in [2.45, 2.75) is 271 Å². The third-order valence-corrected chi connectivity index (χ3v) is 11.7. The van der Waals surface area contributed by atoms with Crippen LogP contribution in [0.5, 0.6) is 0 Å². The second-order valence-corrected chi connectivity index (χ2v) is 18.1. The van der Waals surface area contributed by atoms with Crippen LogP contribution in [0.1, 0.15) is 265 Å². The normalized spacial score (nSPS) is 12.6. The van der Waals surface area contributed by atoms with E-state index in [1.54, 1.807) is 0 Å². The zero-order valence-corrected chi connectivity index (χ0v) is 42.7. The average Bonchev–Trinajstić information content (AvgIpc) is 3.30. The predicted octanol–water partition coefficient (Wildman–Crippen LogP) is 18.2. The van der Waals surface area contributed by atoms with Gasteiger partial charge in [0.25, 0.3) is 0 Å². The van der Waals surface area contributed by atoms with Crippen LogP contribution in [0.2, 0.25) is 0 Å². The summed E-state index contributed by atoms with van der Waals surface area (Å²) in [4.78, 5) is 38.0. The Balaban J connectivity index is 4.41. The van der Waals surface area contributed by atoms with Crippen molar-refractivity contribution in [1.29, 1.82) is 0 Å². The van der Waals surface area contributed by atoms with E-state index in [1.165, 1.54) is 128 Å². The minimum absolute atomic E-state index is 0.0859. The van der Waals surface area contributed by atoms with Gasteiger partial charge in [0.1, 0.15) is 13.2 Å². The van der Waals surface area contributed by atoms with Crippen LogP contribution in [0.3, 0.4) is 0 Å². The Morgan fingerprint density at radius 3 is 0.969 bits per heavy atom. The molecule has 0 radical (unpaired) electrons. The second-order valence-electron chi connectivity index (χ2n) is 18.1. The van der Waals surface area contributed by atoms with E-state index in [9.17, 15) is 14.4 Å². The lowest BCUT2D eigenvalue weighted by molar-refractivity contribution is -0.167. The summed E-state index contributed by atoms with van der Waals surface area (Å²) >= 11 is 0. The van der Waals surface area contributed by atoms with Gasteiger partial charge in [-0.05, 0) is 89.9 Å². The quantitative estimate of drug-likeness (QED) is 0.0262. The summed E-state index contributed by atoms with van der Waals surface area (Å²) in [6.45, 7) is 6.49. The van der Waals surface area contributed by atoms with Gasteiger partial charge < -0.3 is 14.2 Å². The summed E-state index contributed by atoms with van der Waals surface area (Å²) in [5, 5.41) is 0. The van der Waals surface area contributed by atoms with Crippen molar-refractivity contribution in [2.24, 2.45) is 0 Å². The molecule has 0 rings (SSSR count). The molecule has 0 aromatic carbocycles. The molecule has 0 spiro atoms. The summed E-state index contributed by atoms with van der Waals surface area (Å²) in [5.74, 6) is -0.919. The van der Waals surface area contributed by atoms with E-state index in [0.717, 1.165) is 96.3 Å². The molecule has 1 atom stereocenters. The second kappa shape index (κ2) is 53.5. The molecule has 0 aromatic rings. The van der Waals surface area contributed by atoms with Gasteiger partial charge in [-0.25, -0.2) is 0 Å². The van der Waals surface area contributed by atoms with E-state index in [0.29, 0.717) is 19.3 Å². The van der Waals surface area contributed by atoms with Gasteiger partial charge in [0.05, 0.1) is 0 Å². The minimum atomic E-state index is -0.789. The lowest BCUT2D eigenvalue weighted by Crippen LogP contribution is -2.30. The Labute approximate surface area is 402 Å². The van der Waals surface area contributed by atoms with Gasteiger partial charge in [-0.2, -0.15) is 0 Å². The summed E-state index contributed by atoms with van der Waals surface area (Å²) in [6.07, 6.45) is 67.4. The summed E-state index contributed by atoms with van der Waals surface area (Å²) in [5.41, 5.74) is 0. The topological polar surface area (TPSA) is 78.9 Å². The van der Waals surface area contributed by atoms with Crippen molar-refractivity contribution in [3.63, 3.8) is 0 Å². The molecule has 65 heavy (non-hydrogen) atoms. The molecule has 0 N–H and O–H groups in total. The van der Waals surface area contributed by atoms with Crippen LogP contribution in [0.4, 0.5) is 0 Å². The van der Waals surface area contributed by atoms with Gasteiger partial charge in [0, 0.05) is 19.3 Å². The Morgan fingerprint density at radius 1 is 0.323 bits per heavy atom. The van der Waals surface area contributed by atoms with Gasteiger partial charge in [0.15, 0.2) is 6.10 Å². The largest absolute Gasteiger partial charge is 0.462 e. The molecule has 374 valence electrons. The van der Waals surface area contributed by atoms with Crippen LogP contribution >= 0.6 is 0 Å². The first kappa shape index (κ1) is 61.9. The van der Waals surface area contributed by atoms with E-state index >= 15 is 0 Å². The monoisotopic (exact) mass is 907 g/mol. The minimum Gasteiger partial charge on any atom is -0.462 e. The third-order valence-electron chi connectivity index (χ3n) is 11.7. The first-order valence-corrected chi connectivity index (χ1v) is 27.4. The van der Waals surface area contributed by atoms with Crippen molar-refractivity contribution in [2.75, 3.05) is 13.2 Å². The van der Waals surface area contributed by atoms with Gasteiger partial charge in [0.2, 0.25) is 0 Å². The van der Waals surface area contributed by atoms with E-state index in [-0.39, 0.29) is 31.1 Å². The van der Waals surface area contributed by atoms with Gasteiger partial charge in [-0.15, -0.1) is 0 Å². The number of esters is 3. The highest BCUT2D eigenvalue weighted by molar-refractivity contribution is 5.71. The highest BCUT2D eigenvalue weighted by Gasteiger charge is 2.19. The lowest BCUT2D eigenvalue weighted by atomic mass is 10.1. The highest BCUT2D eigenvalue weighted by Crippen LogP contribution is 2.15. The van der Waals surface area contributed by atoms with Crippen molar-refractivity contribution in [3.8, 4) is 0 Å². The van der Waals surface area contributed by atoms with E-state index < -0.39 is 6.10 Å². The maximum absolute atomic E-state index is 12.8. The number of ether oxygens (including phenoxy) is 3. The molecule has 0 unspecified atom stereocenters. The number of hydrogen-bond acceptors (Lipinski definition) is 6. The standard InChI is InChI=1S/C59H102O6/c1-4-7-10-13-16-19-22-24-26-28-29-31-32-34-37-40-43-46-49-52-58(61)64-55-56(54-63-57(60)51-48-45-42-39-36-21-18-15-12-9-6-3)65-59(62)53-50-47-44-41-38-35-33-30-27-25-23-20-17-14-11-8-5-2/h7,10,16,19,24-27,29,31,34,37,56H,4-6,8-9,11-15,17-18,20-23,28,30,32-33,35-36,38-55H2,1-3H3/b10-7-,19-16-,26-24-,27-25-,31-29-,37-34-/t56-/m1/s1. The molecule has 0 amide bonds. The Kier molecular flexibility index (Phi) is 50.9. The molecule has 0 aliphatic heterocycles. The Morgan fingerprint density at radius 2 is 0.600 bits per heavy atom.